The molecule has 1 aliphatic carbocycles. The summed E-state index contributed by atoms with van der Waals surface area (Å²) in [5.74, 6) is 1.07. The first-order chi connectivity index (χ1) is 8.33. The van der Waals surface area contributed by atoms with E-state index in [-0.39, 0.29) is 18.3 Å². The molecule has 1 amide bonds. The number of likely N-dealkylation sites (tertiary alicyclic amines) is 1. The molecule has 0 spiro atoms. The van der Waals surface area contributed by atoms with Crippen LogP contribution in [0.5, 0.6) is 0 Å². The Bertz CT molecular complexity index is 259. The third-order valence-corrected chi connectivity index (χ3v) is 4.07. The molecule has 0 bridgehead atoms. The molecule has 1 unspecified atom stereocenters. The summed E-state index contributed by atoms with van der Waals surface area (Å²) in [7, 11) is 1.68. The predicted octanol–water partition coefficient (Wildman–Crippen LogP) is 1.44. The highest BCUT2D eigenvalue weighted by Gasteiger charge is 2.36. The lowest BCUT2D eigenvalue weighted by atomic mass is 9.79. The van der Waals surface area contributed by atoms with Gasteiger partial charge in [0, 0.05) is 26.2 Å². The molecule has 1 atom stereocenters. The van der Waals surface area contributed by atoms with Crippen LogP contribution in [0, 0.1) is 5.92 Å². The van der Waals surface area contributed by atoms with Crippen LogP contribution in [0.3, 0.4) is 0 Å². The molecule has 2 rings (SSSR count). The van der Waals surface area contributed by atoms with Crippen molar-refractivity contribution in [3.8, 4) is 0 Å². The molecule has 1 saturated heterocycles. The maximum Gasteiger partial charge on any atom is 0.236 e. The fourth-order valence-corrected chi connectivity index (χ4v) is 2.89. The molecule has 0 aromatic rings. The lowest BCUT2D eigenvalue weighted by molar-refractivity contribution is -0.132. The highest BCUT2D eigenvalue weighted by atomic mass is 35.5. The molecule has 1 saturated carbocycles. The van der Waals surface area contributed by atoms with E-state index >= 15 is 0 Å². The average Bonchev–Trinajstić information content (AvgIpc) is 2.70. The second-order valence-corrected chi connectivity index (χ2v) is 5.16. The summed E-state index contributed by atoms with van der Waals surface area (Å²) in [6, 6.07) is 0.542. The minimum Gasteiger partial charge on any atom is -0.383 e. The van der Waals surface area contributed by atoms with Crippen LogP contribution in [0.15, 0.2) is 0 Å². The number of carbonyl (C=O) groups excluding carboxylic acids is 1. The quantitative estimate of drug-likeness (QED) is 0.747. The van der Waals surface area contributed by atoms with Gasteiger partial charge < -0.3 is 15.0 Å². The van der Waals surface area contributed by atoms with Crippen LogP contribution >= 0.6 is 12.4 Å². The van der Waals surface area contributed by atoms with Gasteiger partial charge in [-0.25, -0.2) is 0 Å². The van der Waals surface area contributed by atoms with Gasteiger partial charge in [-0.05, 0) is 31.6 Å². The molecular formula is C13H25ClN2O2. The van der Waals surface area contributed by atoms with Crippen LogP contribution in [-0.4, -0.2) is 50.2 Å². The Balaban J connectivity index is 0.00000162. The van der Waals surface area contributed by atoms with Crippen molar-refractivity contribution in [2.75, 3.05) is 33.4 Å². The highest BCUT2D eigenvalue weighted by Crippen LogP contribution is 2.36. The number of nitrogens with one attached hydrogen (secondary N) is 1. The second kappa shape index (κ2) is 7.97. The van der Waals surface area contributed by atoms with Crippen LogP contribution in [0.4, 0.5) is 0 Å². The fraction of sp³-hybridized carbons (Fsp3) is 0.923. The van der Waals surface area contributed by atoms with E-state index in [1.807, 2.05) is 0 Å². The van der Waals surface area contributed by atoms with Gasteiger partial charge in [-0.15, -0.1) is 12.4 Å². The molecule has 4 nitrogen and oxygen atoms in total. The Morgan fingerprint density at radius 3 is 2.72 bits per heavy atom. The Morgan fingerprint density at radius 2 is 2.11 bits per heavy atom. The number of hydrogen-bond acceptors (Lipinski definition) is 3. The lowest BCUT2D eigenvalue weighted by Crippen LogP contribution is -2.46. The Hall–Kier alpha value is -0.320. The molecule has 2 aliphatic rings. The van der Waals surface area contributed by atoms with Crippen molar-refractivity contribution in [1.29, 1.82) is 0 Å². The van der Waals surface area contributed by atoms with Crippen LogP contribution < -0.4 is 5.32 Å². The van der Waals surface area contributed by atoms with Crippen molar-refractivity contribution in [2.24, 2.45) is 5.92 Å². The third kappa shape index (κ3) is 3.84. The number of rotatable bonds is 6. The van der Waals surface area contributed by atoms with Crippen molar-refractivity contribution in [1.82, 2.24) is 10.2 Å². The molecule has 5 heteroatoms. The Kier molecular flexibility index (Phi) is 6.97. The van der Waals surface area contributed by atoms with Crippen molar-refractivity contribution in [2.45, 2.75) is 38.1 Å². The fourth-order valence-electron chi connectivity index (χ4n) is 2.89. The number of ether oxygens (including phenoxy) is 1. The summed E-state index contributed by atoms with van der Waals surface area (Å²) >= 11 is 0. The van der Waals surface area contributed by atoms with E-state index < -0.39 is 0 Å². The first-order valence-electron chi connectivity index (χ1n) is 6.82. The van der Waals surface area contributed by atoms with Gasteiger partial charge in [-0.3, -0.25) is 4.79 Å². The molecule has 0 radical (unpaired) electrons. The van der Waals surface area contributed by atoms with Crippen LogP contribution in [0.1, 0.15) is 32.1 Å². The molecule has 1 aliphatic heterocycles. The number of methoxy groups -OCH3 is 1. The standard InChI is InChI=1S/C13H24N2O2.ClH/c1-17-9-7-14-10-13(16)15-8-3-6-12(15)11-4-2-5-11;/h11-12,14H,2-10H2,1H3;1H. The minimum atomic E-state index is 0. The normalized spacial score (nSPS) is 23.6. The van der Waals surface area contributed by atoms with Gasteiger partial charge in [-0.1, -0.05) is 6.42 Å². The third-order valence-electron chi connectivity index (χ3n) is 4.07. The number of carbonyl (C=O) groups is 1. The SMILES string of the molecule is COCCNCC(=O)N1CCCC1C1CCC1.Cl. The first kappa shape index (κ1) is 15.7. The molecule has 18 heavy (non-hydrogen) atoms. The second-order valence-electron chi connectivity index (χ2n) is 5.16. The van der Waals surface area contributed by atoms with Gasteiger partial charge in [0.2, 0.25) is 5.91 Å². The van der Waals surface area contributed by atoms with Crippen LogP contribution in [-0.2, 0) is 9.53 Å². The van der Waals surface area contributed by atoms with E-state index in [2.05, 4.69) is 10.2 Å². The first-order valence-corrected chi connectivity index (χ1v) is 6.82. The molecule has 1 heterocycles. The number of halogens is 1. The largest absolute Gasteiger partial charge is 0.383 e. The Labute approximate surface area is 116 Å². The van der Waals surface area contributed by atoms with Crippen molar-refractivity contribution in [3.05, 3.63) is 0 Å². The number of nitrogens with zero attached hydrogens (tertiary/aromatic N) is 1. The van der Waals surface area contributed by atoms with E-state index in [4.69, 9.17) is 4.74 Å². The van der Waals surface area contributed by atoms with Crippen LogP contribution in [0.2, 0.25) is 0 Å². The summed E-state index contributed by atoms with van der Waals surface area (Å²) in [5, 5.41) is 3.14. The van der Waals surface area contributed by atoms with E-state index in [1.54, 1.807) is 7.11 Å². The lowest BCUT2D eigenvalue weighted by Gasteiger charge is -2.37. The van der Waals surface area contributed by atoms with Gasteiger partial charge >= 0.3 is 0 Å². The summed E-state index contributed by atoms with van der Waals surface area (Å²) in [4.78, 5) is 14.2. The molecule has 0 aromatic heterocycles. The Morgan fingerprint density at radius 1 is 1.33 bits per heavy atom. The summed E-state index contributed by atoms with van der Waals surface area (Å²) < 4.78 is 4.95. The molecule has 1 N–H and O–H groups in total. The molecule has 106 valence electrons. The number of hydrogen-bond donors (Lipinski definition) is 1. The molecular weight excluding hydrogens is 252 g/mol. The van der Waals surface area contributed by atoms with Crippen molar-refractivity contribution < 1.29 is 9.53 Å². The summed E-state index contributed by atoms with van der Waals surface area (Å²) in [5.41, 5.74) is 0. The summed E-state index contributed by atoms with van der Waals surface area (Å²) in [6.45, 7) is 2.85. The van der Waals surface area contributed by atoms with Gasteiger partial charge in [-0.2, -0.15) is 0 Å². The summed E-state index contributed by atoms with van der Waals surface area (Å²) in [6.07, 6.45) is 6.41. The highest BCUT2D eigenvalue weighted by molar-refractivity contribution is 5.85. The van der Waals surface area contributed by atoms with E-state index in [0.29, 0.717) is 19.2 Å². The molecule has 2 fully saturated rings. The zero-order valence-electron chi connectivity index (χ0n) is 11.2. The van der Waals surface area contributed by atoms with E-state index in [0.717, 1.165) is 19.0 Å². The topological polar surface area (TPSA) is 41.6 Å². The van der Waals surface area contributed by atoms with Gasteiger partial charge in [0.15, 0.2) is 0 Å². The molecule has 0 aromatic carbocycles. The van der Waals surface area contributed by atoms with Gasteiger partial charge in [0.25, 0.3) is 0 Å². The minimum absolute atomic E-state index is 0. The maximum absolute atomic E-state index is 12.1. The maximum atomic E-state index is 12.1. The predicted molar refractivity (Wildman–Crippen MR) is 74.1 cm³/mol. The number of amides is 1. The van der Waals surface area contributed by atoms with Crippen molar-refractivity contribution in [3.63, 3.8) is 0 Å². The van der Waals surface area contributed by atoms with Crippen LogP contribution in [0.25, 0.3) is 0 Å². The zero-order valence-corrected chi connectivity index (χ0v) is 12.0. The van der Waals surface area contributed by atoms with E-state index in [1.165, 1.54) is 32.1 Å². The van der Waals surface area contributed by atoms with Gasteiger partial charge in [0.05, 0.1) is 13.2 Å². The zero-order chi connectivity index (χ0) is 12.1. The monoisotopic (exact) mass is 276 g/mol. The van der Waals surface area contributed by atoms with Gasteiger partial charge in [0.1, 0.15) is 0 Å². The smallest absolute Gasteiger partial charge is 0.236 e. The van der Waals surface area contributed by atoms with E-state index in [9.17, 15) is 4.79 Å². The average molecular weight is 277 g/mol. The van der Waals surface area contributed by atoms with Crippen molar-refractivity contribution >= 4 is 18.3 Å².